The SMILES string of the molecule is CCCNC1CCN(C(=O)COc2ccccc2)CC1. The molecule has 1 fully saturated rings. The predicted octanol–water partition coefficient (Wildman–Crippen LogP) is 2.06. The lowest BCUT2D eigenvalue weighted by molar-refractivity contribution is -0.134. The quantitative estimate of drug-likeness (QED) is 0.864. The first-order chi connectivity index (χ1) is 9.79. The second-order valence-corrected chi connectivity index (χ2v) is 5.21. The molecule has 0 spiro atoms. The second kappa shape index (κ2) is 7.90. The van der Waals surface area contributed by atoms with Crippen LogP contribution in [0.25, 0.3) is 0 Å². The van der Waals surface area contributed by atoms with Crippen LogP contribution in [-0.4, -0.2) is 43.1 Å². The lowest BCUT2D eigenvalue weighted by Crippen LogP contribution is -2.46. The standard InChI is InChI=1S/C16H24N2O2/c1-2-10-17-14-8-11-18(12-9-14)16(19)13-20-15-6-4-3-5-7-15/h3-7,14,17H,2,8-13H2,1H3. The van der Waals surface area contributed by atoms with E-state index >= 15 is 0 Å². The molecule has 0 saturated carbocycles. The van der Waals surface area contributed by atoms with E-state index in [-0.39, 0.29) is 12.5 Å². The van der Waals surface area contributed by atoms with E-state index in [9.17, 15) is 4.79 Å². The van der Waals surface area contributed by atoms with Gasteiger partial charge < -0.3 is 15.0 Å². The Labute approximate surface area is 121 Å². The number of piperidine rings is 1. The summed E-state index contributed by atoms with van der Waals surface area (Å²) in [6.07, 6.45) is 3.23. The number of hydrogen-bond donors (Lipinski definition) is 1. The van der Waals surface area contributed by atoms with Gasteiger partial charge in [0.25, 0.3) is 5.91 Å². The third-order valence-corrected chi connectivity index (χ3v) is 3.64. The maximum Gasteiger partial charge on any atom is 0.260 e. The Kier molecular flexibility index (Phi) is 5.87. The molecule has 1 aromatic rings. The molecule has 4 nitrogen and oxygen atoms in total. The molecule has 4 heteroatoms. The molecule has 0 aliphatic carbocycles. The molecule has 1 aliphatic heterocycles. The Bertz CT molecular complexity index is 400. The molecular formula is C16H24N2O2. The third kappa shape index (κ3) is 4.53. The molecule has 1 heterocycles. The molecule has 1 N–H and O–H groups in total. The Morgan fingerprint density at radius 2 is 2.00 bits per heavy atom. The van der Waals surface area contributed by atoms with E-state index in [1.165, 1.54) is 0 Å². The second-order valence-electron chi connectivity index (χ2n) is 5.21. The van der Waals surface area contributed by atoms with Gasteiger partial charge in [0.2, 0.25) is 0 Å². The first kappa shape index (κ1) is 14.9. The molecular weight excluding hydrogens is 252 g/mol. The van der Waals surface area contributed by atoms with Crippen molar-refractivity contribution in [1.82, 2.24) is 10.2 Å². The zero-order valence-electron chi connectivity index (χ0n) is 12.2. The smallest absolute Gasteiger partial charge is 0.260 e. The van der Waals surface area contributed by atoms with Crippen LogP contribution in [0.1, 0.15) is 26.2 Å². The van der Waals surface area contributed by atoms with Gasteiger partial charge in [-0.05, 0) is 37.9 Å². The number of hydrogen-bond acceptors (Lipinski definition) is 3. The van der Waals surface area contributed by atoms with E-state index in [0.717, 1.165) is 44.6 Å². The zero-order valence-corrected chi connectivity index (χ0v) is 12.2. The Morgan fingerprint density at radius 3 is 2.65 bits per heavy atom. The summed E-state index contributed by atoms with van der Waals surface area (Å²) in [6.45, 7) is 5.04. The zero-order chi connectivity index (χ0) is 14.2. The van der Waals surface area contributed by atoms with Crippen LogP contribution < -0.4 is 10.1 Å². The van der Waals surface area contributed by atoms with Crippen molar-refractivity contribution in [3.63, 3.8) is 0 Å². The molecule has 0 radical (unpaired) electrons. The van der Waals surface area contributed by atoms with Gasteiger partial charge in [0.15, 0.2) is 6.61 Å². The maximum absolute atomic E-state index is 12.1. The van der Waals surface area contributed by atoms with Gasteiger partial charge >= 0.3 is 0 Å². The van der Waals surface area contributed by atoms with Crippen molar-refractivity contribution in [3.8, 4) is 5.75 Å². The number of nitrogens with zero attached hydrogens (tertiary/aromatic N) is 1. The largest absolute Gasteiger partial charge is 0.484 e. The van der Waals surface area contributed by atoms with E-state index < -0.39 is 0 Å². The Morgan fingerprint density at radius 1 is 1.30 bits per heavy atom. The summed E-state index contributed by atoms with van der Waals surface area (Å²) in [5, 5.41) is 3.52. The molecule has 0 atom stereocenters. The minimum Gasteiger partial charge on any atom is -0.484 e. The summed E-state index contributed by atoms with van der Waals surface area (Å²) in [6, 6.07) is 10.1. The highest BCUT2D eigenvalue weighted by Crippen LogP contribution is 2.12. The van der Waals surface area contributed by atoms with Gasteiger partial charge in [-0.3, -0.25) is 4.79 Å². The van der Waals surface area contributed by atoms with Crippen molar-refractivity contribution in [2.75, 3.05) is 26.2 Å². The molecule has 1 aromatic carbocycles. The number of benzene rings is 1. The predicted molar refractivity (Wildman–Crippen MR) is 79.8 cm³/mol. The van der Waals surface area contributed by atoms with Gasteiger partial charge in [0, 0.05) is 19.1 Å². The highest BCUT2D eigenvalue weighted by molar-refractivity contribution is 5.77. The lowest BCUT2D eigenvalue weighted by atomic mass is 10.0. The van der Waals surface area contributed by atoms with E-state index in [2.05, 4.69) is 12.2 Å². The van der Waals surface area contributed by atoms with E-state index in [1.54, 1.807) is 0 Å². The number of carbonyl (C=O) groups excluding carboxylic acids is 1. The highest BCUT2D eigenvalue weighted by atomic mass is 16.5. The van der Waals surface area contributed by atoms with Crippen molar-refractivity contribution in [2.24, 2.45) is 0 Å². The van der Waals surface area contributed by atoms with Crippen molar-refractivity contribution >= 4 is 5.91 Å². The van der Waals surface area contributed by atoms with Gasteiger partial charge in [0.1, 0.15) is 5.75 Å². The molecule has 1 aliphatic rings. The average molecular weight is 276 g/mol. The van der Waals surface area contributed by atoms with Crippen LogP contribution in [0.2, 0.25) is 0 Å². The normalized spacial score (nSPS) is 16.1. The third-order valence-electron chi connectivity index (χ3n) is 3.64. The van der Waals surface area contributed by atoms with Crippen LogP contribution in [0, 0.1) is 0 Å². The summed E-state index contributed by atoms with van der Waals surface area (Å²) in [7, 11) is 0. The van der Waals surface area contributed by atoms with Crippen LogP contribution in [0.4, 0.5) is 0 Å². The number of ether oxygens (including phenoxy) is 1. The fraction of sp³-hybridized carbons (Fsp3) is 0.562. The van der Waals surface area contributed by atoms with Crippen molar-refractivity contribution in [2.45, 2.75) is 32.2 Å². The van der Waals surface area contributed by atoms with Crippen LogP contribution in [0.3, 0.4) is 0 Å². The molecule has 0 aromatic heterocycles. The number of rotatable bonds is 6. The van der Waals surface area contributed by atoms with Gasteiger partial charge in [-0.15, -0.1) is 0 Å². The fourth-order valence-electron chi connectivity index (χ4n) is 2.43. The molecule has 0 unspecified atom stereocenters. The summed E-state index contributed by atoms with van der Waals surface area (Å²) in [4.78, 5) is 14.0. The highest BCUT2D eigenvalue weighted by Gasteiger charge is 2.22. The number of carbonyl (C=O) groups is 1. The monoisotopic (exact) mass is 276 g/mol. The van der Waals surface area contributed by atoms with E-state index in [4.69, 9.17) is 4.74 Å². The van der Waals surface area contributed by atoms with Crippen molar-refractivity contribution < 1.29 is 9.53 Å². The summed E-state index contributed by atoms with van der Waals surface area (Å²) in [5.41, 5.74) is 0. The summed E-state index contributed by atoms with van der Waals surface area (Å²) >= 11 is 0. The number of amides is 1. The number of nitrogens with one attached hydrogen (secondary N) is 1. The fourth-order valence-corrected chi connectivity index (χ4v) is 2.43. The van der Waals surface area contributed by atoms with E-state index in [1.807, 2.05) is 35.2 Å². The topological polar surface area (TPSA) is 41.6 Å². The van der Waals surface area contributed by atoms with Gasteiger partial charge in [-0.2, -0.15) is 0 Å². The molecule has 2 rings (SSSR count). The Balaban J connectivity index is 1.69. The minimum atomic E-state index is 0.0859. The molecule has 1 saturated heterocycles. The first-order valence-electron chi connectivity index (χ1n) is 7.48. The minimum absolute atomic E-state index is 0.0859. The molecule has 110 valence electrons. The van der Waals surface area contributed by atoms with E-state index in [0.29, 0.717) is 6.04 Å². The Hall–Kier alpha value is -1.55. The van der Waals surface area contributed by atoms with Crippen LogP contribution >= 0.6 is 0 Å². The van der Waals surface area contributed by atoms with Gasteiger partial charge in [-0.25, -0.2) is 0 Å². The van der Waals surface area contributed by atoms with Crippen LogP contribution in [0.15, 0.2) is 30.3 Å². The van der Waals surface area contributed by atoms with Gasteiger partial charge in [-0.1, -0.05) is 25.1 Å². The number of likely N-dealkylation sites (tertiary alicyclic amines) is 1. The average Bonchev–Trinajstić information content (AvgIpc) is 2.52. The summed E-state index contributed by atoms with van der Waals surface area (Å²) < 4.78 is 5.51. The van der Waals surface area contributed by atoms with Crippen LogP contribution in [0.5, 0.6) is 5.75 Å². The molecule has 0 bridgehead atoms. The maximum atomic E-state index is 12.1. The number of para-hydroxylation sites is 1. The van der Waals surface area contributed by atoms with Crippen LogP contribution in [-0.2, 0) is 4.79 Å². The molecule has 1 amide bonds. The lowest BCUT2D eigenvalue weighted by Gasteiger charge is -2.32. The summed E-state index contributed by atoms with van der Waals surface area (Å²) in [5.74, 6) is 0.836. The van der Waals surface area contributed by atoms with Crippen molar-refractivity contribution in [3.05, 3.63) is 30.3 Å². The van der Waals surface area contributed by atoms with Gasteiger partial charge in [0.05, 0.1) is 0 Å². The molecule has 20 heavy (non-hydrogen) atoms. The van der Waals surface area contributed by atoms with Crippen molar-refractivity contribution in [1.29, 1.82) is 0 Å². The first-order valence-corrected chi connectivity index (χ1v) is 7.48.